The van der Waals surface area contributed by atoms with Crippen molar-refractivity contribution in [3.05, 3.63) is 29.8 Å². The van der Waals surface area contributed by atoms with E-state index >= 15 is 0 Å². The van der Waals surface area contributed by atoms with Gasteiger partial charge in [-0.1, -0.05) is 18.2 Å². The second-order valence-electron chi connectivity index (χ2n) is 5.20. The molecule has 1 aromatic carbocycles. The molecule has 17 heavy (non-hydrogen) atoms. The van der Waals surface area contributed by atoms with Gasteiger partial charge in [-0.05, 0) is 37.1 Å². The topological polar surface area (TPSA) is 29.3 Å². The summed E-state index contributed by atoms with van der Waals surface area (Å²) in [6, 6.07) is 8.88. The second-order valence-corrected chi connectivity index (χ2v) is 6.26. The van der Waals surface area contributed by atoms with E-state index in [1.165, 1.54) is 36.7 Å². The normalized spacial score (nSPS) is 28.5. The molecule has 0 spiro atoms. The molecule has 3 heteroatoms. The van der Waals surface area contributed by atoms with E-state index in [2.05, 4.69) is 29.2 Å². The van der Waals surface area contributed by atoms with Gasteiger partial charge in [0.15, 0.2) is 0 Å². The Balaban J connectivity index is 1.64. The maximum absolute atomic E-state index is 5.75. The van der Waals surface area contributed by atoms with Crippen molar-refractivity contribution >= 4 is 11.8 Å². The molecule has 0 aliphatic carbocycles. The van der Waals surface area contributed by atoms with E-state index < -0.39 is 0 Å². The van der Waals surface area contributed by atoms with E-state index in [1.54, 1.807) is 5.56 Å². The van der Waals surface area contributed by atoms with Crippen molar-refractivity contribution in [1.29, 1.82) is 0 Å². The Kier molecular flexibility index (Phi) is 3.41. The van der Waals surface area contributed by atoms with Crippen molar-refractivity contribution in [2.75, 3.05) is 31.9 Å². The van der Waals surface area contributed by atoms with Gasteiger partial charge in [-0.15, -0.1) is 11.8 Å². The SMILES string of the molecule is NCC1CCN(CC2CSc3ccccc32)C1. The number of nitrogens with zero attached hydrogens (tertiary/aromatic N) is 1. The first-order valence-corrected chi connectivity index (χ1v) is 7.49. The molecule has 92 valence electrons. The lowest BCUT2D eigenvalue weighted by Gasteiger charge is -2.20. The lowest BCUT2D eigenvalue weighted by molar-refractivity contribution is 0.310. The van der Waals surface area contributed by atoms with Gasteiger partial charge in [0.2, 0.25) is 0 Å². The zero-order chi connectivity index (χ0) is 11.7. The van der Waals surface area contributed by atoms with E-state index in [-0.39, 0.29) is 0 Å². The molecule has 2 aliphatic heterocycles. The molecule has 0 bridgehead atoms. The predicted molar refractivity (Wildman–Crippen MR) is 73.5 cm³/mol. The highest BCUT2D eigenvalue weighted by atomic mass is 32.2. The molecule has 1 saturated heterocycles. The molecule has 0 amide bonds. The highest BCUT2D eigenvalue weighted by Crippen LogP contribution is 2.40. The van der Waals surface area contributed by atoms with Crippen molar-refractivity contribution in [3.63, 3.8) is 0 Å². The molecule has 2 heterocycles. The molecule has 0 aromatic heterocycles. The second kappa shape index (κ2) is 5.01. The van der Waals surface area contributed by atoms with Crippen LogP contribution in [-0.2, 0) is 0 Å². The Labute approximate surface area is 108 Å². The first-order chi connectivity index (χ1) is 8.36. The Bertz CT molecular complexity index is 394. The summed E-state index contributed by atoms with van der Waals surface area (Å²) in [6.45, 7) is 4.53. The molecule has 2 atom stereocenters. The Hall–Kier alpha value is -0.510. The number of nitrogens with two attached hydrogens (primary N) is 1. The smallest absolute Gasteiger partial charge is 0.0108 e. The van der Waals surface area contributed by atoms with E-state index in [4.69, 9.17) is 5.73 Å². The highest BCUT2D eigenvalue weighted by molar-refractivity contribution is 7.99. The third kappa shape index (κ3) is 2.37. The molecule has 3 rings (SSSR count). The van der Waals surface area contributed by atoms with E-state index in [0.717, 1.165) is 18.4 Å². The highest BCUT2D eigenvalue weighted by Gasteiger charge is 2.28. The summed E-state index contributed by atoms with van der Waals surface area (Å²) >= 11 is 2.01. The van der Waals surface area contributed by atoms with Crippen LogP contribution in [0.2, 0.25) is 0 Å². The standard InChI is InChI=1S/C14H20N2S/c15-7-11-5-6-16(8-11)9-12-10-17-14-4-2-1-3-13(12)14/h1-4,11-12H,5-10,15H2. The lowest BCUT2D eigenvalue weighted by Crippen LogP contribution is -2.28. The van der Waals surface area contributed by atoms with Crippen molar-refractivity contribution in [2.24, 2.45) is 11.7 Å². The predicted octanol–water partition coefficient (Wildman–Crippen LogP) is 2.16. The number of fused-ring (bicyclic) bond motifs is 1. The fourth-order valence-electron chi connectivity index (χ4n) is 2.96. The number of benzene rings is 1. The minimum Gasteiger partial charge on any atom is -0.330 e. The van der Waals surface area contributed by atoms with Crippen molar-refractivity contribution in [2.45, 2.75) is 17.2 Å². The fraction of sp³-hybridized carbons (Fsp3) is 0.571. The Morgan fingerprint density at radius 3 is 3.06 bits per heavy atom. The summed E-state index contributed by atoms with van der Waals surface area (Å²) < 4.78 is 0. The van der Waals surface area contributed by atoms with Crippen LogP contribution < -0.4 is 5.73 Å². The van der Waals surface area contributed by atoms with Crippen molar-refractivity contribution in [1.82, 2.24) is 4.90 Å². The van der Waals surface area contributed by atoms with Gasteiger partial charge in [0, 0.05) is 29.7 Å². The van der Waals surface area contributed by atoms with E-state index in [1.807, 2.05) is 11.8 Å². The third-order valence-electron chi connectivity index (χ3n) is 3.98. The summed E-state index contributed by atoms with van der Waals surface area (Å²) in [5.74, 6) is 2.72. The number of likely N-dealkylation sites (tertiary alicyclic amines) is 1. The number of thioether (sulfide) groups is 1. The van der Waals surface area contributed by atoms with Gasteiger partial charge in [0.05, 0.1) is 0 Å². The molecule has 0 saturated carbocycles. The molecular formula is C14H20N2S. The number of rotatable bonds is 3. The van der Waals surface area contributed by atoms with Gasteiger partial charge in [-0.3, -0.25) is 0 Å². The van der Waals surface area contributed by atoms with Crippen LogP contribution in [0.4, 0.5) is 0 Å². The van der Waals surface area contributed by atoms with Crippen LogP contribution in [0.3, 0.4) is 0 Å². The largest absolute Gasteiger partial charge is 0.330 e. The average molecular weight is 248 g/mol. The zero-order valence-electron chi connectivity index (χ0n) is 10.1. The Morgan fingerprint density at radius 2 is 2.24 bits per heavy atom. The van der Waals surface area contributed by atoms with Gasteiger partial charge in [0.25, 0.3) is 0 Å². The first kappa shape index (κ1) is 11.6. The van der Waals surface area contributed by atoms with E-state index in [9.17, 15) is 0 Å². The fourth-order valence-corrected chi connectivity index (χ4v) is 4.21. The minimum absolute atomic E-state index is 0.729. The molecule has 1 fully saturated rings. The van der Waals surface area contributed by atoms with Crippen LogP contribution in [0.1, 0.15) is 17.9 Å². The number of hydrogen-bond donors (Lipinski definition) is 1. The van der Waals surface area contributed by atoms with Crippen LogP contribution in [0.15, 0.2) is 29.2 Å². The summed E-state index contributed by atoms with van der Waals surface area (Å²) in [5.41, 5.74) is 7.31. The summed E-state index contributed by atoms with van der Waals surface area (Å²) in [4.78, 5) is 4.09. The molecule has 2 aliphatic rings. The molecule has 2 nitrogen and oxygen atoms in total. The average Bonchev–Trinajstić information content (AvgIpc) is 2.97. The van der Waals surface area contributed by atoms with Crippen molar-refractivity contribution < 1.29 is 0 Å². The zero-order valence-corrected chi connectivity index (χ0v) is 11.0. The molecule has 1 aromatic rings. The summed E-state index contributed by atoms with van der Waals surface area (Å²) in [7, 11) is 0. The quantitative estimate of drug-likeness (QED) is 0.889. The van der Waals surface area contributed by atoms with Crippen LogP contribution in [0, 0.1) is 5.92 Å². The van der Waals surface area contributed by atoms with Gasteiger partial charge >= 0.3 is 0 Å². The summed E-state index contributed by atoms with van der Waals surface area (Å²) in [5, 5.41) is 0. The van der Waals surface area contributed by atoms with Gasteiger partial charge in [-0.2, -0.15) is 0 Å². The molecular weight excluding hydrogens is 228 g/mol. The molecule has 2 unspecified atom stereocenters. The Morgan fingerprint density at radius 1 is 1.35 bits per heavy atom. The lowest BCUT2D eigenvalue weighted by atomic mass is 10.0. The van der Waals surface area contributed by atoms with Crippen LogP contribution in [0.5, 0.6) is 0 Å². The monoisotopic (exact) mass is 248 g/mol. The minimum atomic E-state index is 0.729. The molecule has 0 radical (unpaired) electrons. The summed E-state index contributed by atoms with van der Waals surface area (Å²) in [6.07, 6.45) is 1.29. The maximum atomic E-state index is 5.75. The van der Waals surface area contributed by atoms with Gasteiger partial charge < -0.3 is 10.6 Å². The maximum Gasteiger partial charge on any atom is 0.0108 e. The third-order valence-corrected chi connectivity index (χ3v) is 5.23. The first-order valence-electron chi connectivity index (χ1n) is 6.51. The number of hydrogen-bond acceptors (Lipinski definition) is 3. The van der Waals surface area contributed by atoms with Crippen LogP contribution in [0.25, 0.3) is 0 Å². The van der Waals surface area contributed by atoms with Gasteiger partial charge in [0.1, 0.15) is 0 Å². The van der Waals surface area contributed by atoms with E-state index in [0.29, 0.717) is 0 Å². The molecule has 2 N–H and O–H groups in total. The van der Waals surface area contributed by atoms with Crippen LogP contribution in [-0.4, -0.2) is 36.8 Å². The van der Waals surface area contributed by atoms with Crippen molar-refractivity contribution in [3.8, 4) is 0 Å². The van der Waals surface area contributed by atoms with Crippen LogP contribution >= 0.6 is 11.8 Å². The van der Waals surface area contributed by atoms with Gasteiger partial charge in [-0.25, -0.2) is 0 Å².